The molecule has 0 saturated carbocycles. The summed E-state index contributed by atoms with van der Waals surface area (Å²) >= 11 is 0. The number of ether oxygens (including phenoxy) is 2. The number of nitrogens with two attached hydrogens (primary N) is 1. The molecule has 1 heterocycles. The van der Waals surface area contributed by atoms with Gasteiger partial charge < -0.3 is 15.2 Å². The van der Waals surface area contributed by atoms with Crippen molar-refractivity contribution in [3.8, 4) is 5.75 Å². The Morgan fingerprint density at radius 3 is 2.56 bits per heavy atom. The number of methoxy groups -OCH3 is 2. The highest BCUT2D eigenvalue weighted by atomic mass is 35.5. The minimum absolute atomic E-state index is 0. The molecule has 1 aliphatic heterocycles. The Hall–Kier alpha value is -1.35. The molecule has 2 atom stereocenters. The number of halogens is 1. The molecule has 1 aromatic carbocycles. The third kappa shape index (κ3) is 4.44. The number of hydrogen-bond donors (Lipinski definition) is 1. The summed E-state index contributed by atoms with van der Waals surface area (Å²) in [6.45, 7) is 2.26. The summed E-state index contributed by atoms with van der Waals surface area (Å²) in [6, 6.07) is 3.68. The van der Waals surface area contributed by atoms with Gasteiger partial charge >= 0.3 is 5.97 Å². The first-order valence-corrected chi connectivity index (χ1v) is 9.30. The number of piperidine rings is 1. The van der Waals surface area contributed by atoms with Gasteiger partial charge in [0, 0.05) is 24.7 Å². The molecule has 25 heavy (non-hydrogen) atoms. The highest BCUT2D eigenvalue weighted by Crippen LogP contribution is 2.30. The summed E-state index contributed by atoms with van der Waals surface area (Å²) in [5.74, 6) is -0.417. The molecule has 7 nitrogen and oxygen atoms in total. The maximum Gasteiger partial charge on any atom is 0.341 e. The second-order valence-electron chi connectivity index (χ2n) is 5.89. The Morgan fingerprint density at radius 1 is 1.32 bits per heavy atom. The molecule has 1 aliphatic rings. The molecule has 1 fully saturated rings. The van der Waals surface area contributed by atoms with Crippen LogP contribution in [0.25, 0.3) is 0 Å². The first-order valence-electron chi connectivity index (χ1n) is 7.86. The van der Waals surface area contributed by atoms with Crippen LogP contribution < -0.4 is 10.5 Å². The van der Waals surface area contributed by atoms with Crippen LogP contribution in [0.4, 0.5) is 0 Å². The SMILES string of the molecule is COC(=O)c1ccc(S(=O)(=O)N2CCCCC2C(C)N)cc1OC.Cl. The minimum Gasteiger partial charge on any atom is -0.496 e. The lowest BCUT2D eigenvalue weighted by molar-refractivity contribution is 0.0597. The molecule has 0 radical (unpaired) electrons. The number of sulfonamides is 1. The van der Waals surface area contributed by atoms with E-state index < -0.39 is 16.0 Å². The van der Waals surface area contributed by atoms with Gasteiger partial charge in [-0.05, 0) is 31.9 Å². The molecule has 1 saturated heterocycles. The van der Waals surface area contributed by atoms with Crippen molar-refractivity contribution in [3.63, 3.8) is 0 Å². The number of carbonyl (C=O) groups is 1. The van der Waals surface area contributed by atoms with Crippen LogP contribution in [0.2, 0.25) is 0 Å². The van der Waals surface area contributed by atoms with E-state index in [0.29, 0.717) is 6.54 Å². The van der Waals surface area contributed by atoms with Crippen LogP contribution in [0.15, 0.2) is 23.1 Å². The number of esters is 1. The fraction of sp³-hybridized carbons (Fsp3) is 0.562. The second kappa shape index (κ2) is 8.84. The zero-order valence-corrected chi connectivity index (χ0v) is 16.2. The van der Waals surface area contributed by atoms with Gasteiger partial charge in [0.05, 0.1) is 19.1 Å². The standard InChI is InChI=1S/C16H24N2O5S.ClH/c1-11(17)14-6-4-5-9-18(14)24(20,21)12-7-8-13(16(19)23-3)15(10-12)22-2;/h7-8,10-11,14H,4-6,9,17H2,1-3H3;1H. The first kappa shape index (κ1) is 21.7. The van der Waals surface area contributed by atoms with E-state index in [1.54, 1.807) is 0 Å². The summed E-state index contributed by atoms with van der Waals surface area (Å²) in [5, 5.41) is 0. The molecule has 0 amide bonds. The van der Waals surface area contributed by atoms with Gasteiger partial charge in [-0.25, -0.2) is 13.2 Å². The Kier molecular flexibility index (Phi) is 7.67. The van der Waals surface area contributed by atoms with Crippen molar-refractivity contribution in [2.45, 2.75) is 43.2 Å². The van der Waals surface area contributed by atoms with Crippen molar-refractivity contribution >= 4 is 28.4 Å². The molecule has 0 aromatic heterocycles. The number of benzene rings is 1. The first-order chi connectivity index (χ1) is 11.3. The van der Waals surface area contributed by atoms with Gasteiger partial charge in [0.25, 0.3) is 0 Å². The predicted octanol–water partition coefficient (Wildman–Crippen LogP) is 1.79. The average molecular weight is 393 g/mol. The van der Waals surface area contributed by atoms with Gasteiger partial charge in [-0.15, -0.1) is 12.4 Å². The van der Waals surface area contributed by atoms with Gasteiger partial charge in [0.2, 0.25) is 10.0 Å². The number of hydrogen-bond acceptors (Lipinski definition) is 6. The Morgan fingerprint density at radius 2 is 2.00 bits per heavy atom. The van der Waals surface area contributed by atoms with Crippen LogP contribution >= 0.6 is 12.4 Å². The summed E-state index contributed by atoms with van der Waals surface area (Å²) in [6.07, 6.45) is 2.51. The molecule has 0 spiro atoms. The molecule has 2 rings (SSSR count). The number of carbonyl (C=O) groups excluding carboxylic acids is 1. The van der Waals surface area contributed by atoms with E-state index in [1.807, 2.05) is 6.92 Å². The van der Waals surface area contributed by atoms with E-state index in [-0.39, 0.29) is 40.7 Å². The Labute approximate surface area is 154 Å². The largest absolute Gasteiger partial charge is 0.496 e. The Bertz CT molecular complexity index is 708. The van der Waals surface area contributed by atoms with Gasteiger partial charge in [-0.1, -0.05) is 6.42 Å². The van der Waals surface area contributed by atoms with Crippen LogP contribution in [-0.2, 0) is 14.8 Å². The summed E-state index contributed by atoms with van der Waals surface area (Å²) in [4.78, 5) is 11.8. The fourth-order valence-corrected chi connectivity index (χ4v) is 4.79. The molecule has 9 heteroatoms. The normalized spacial score (nSPS) is 19.6. The maximum absolute atomic E-state index is 13.0. The van der Waals surface area contributed by atoms with Crippen molar-refractivity contribution in [2.75, 3.05) is 20.8 Å². The smallest absolute Gasteiger partial charge is 0.341 e. The van der Waals surface area contributed by atoms with Gasteiger partial charge in [0.1, 0.15) is 11.3 Å². The van der Waals surface area contributed by atoms with Crippen LogP contribution in [0.5, 0.6) is 5.75 Å². The van der Waals surface area contributed by atoms with Crippen molar-refractivity contribution in [1.29, 1.82) is 0 Å². The van der Waals surface area contributed by atoms with Crippen LogP contribution in [-0.4, -0.2) is 51.5 Å². The molecule has 0 bridgehead atoms. The van der Waals surface area contributed by atoms with Crippen molar-refractivity contribution in [3.05, 3.63) is 23.8 Å². The number of nitrogens with zero attached hydrogens (tertiary/aromatic N) is 1. The van der Waals surface area contributed by atoms with E-state index in [9.17, 15) is 13.2 Å². The maximum atomic E-state index is 13.0. The zero-order valence-electron chi connectivity index (χ0n) is 14.6. The van der Waals surface area contributed by atoms with Crippen LogP contribution in [0, 0.1) is 0 Å². The van der Waals surface area contributed by atoms with Gasteiger partial charge in [0.15, 0.2) is 0 Å². The molecule has 2 unspecified atom stereocenters. The van der Waals surface area contributed by atoms with Crippen molar-refractivity contribution < 1.29 is 22.7 Å². The molecule has 0 aliphatic carbocycles. The molecule has 1 aromatic rings. The predicted molar refractivity (Wildman–Crippen MR) is 96.8 cm³/mol. The monoisotopic (exact) mass is 392 g/mol. The molecule has 2 N–H and O–H groups in total. The highest BCUT2D eigenvalue weighted by molar-refractivity contribution is 7.89. The third-order valence-electron chi connectivity index (χ3n) is 4.29. The van der Waals surface area contributed by atoms with Gasteiger partial charge in [-0.2, -0.15) is 4.31 Å². The lowest BCUT2D eigenvalue weighted by Crippen LogP contribution is -2.51. The molecule has 142 valence electrons. The molecular formula is C16H25ClN2O5S. The summed E-state index contributed by atoms with van der Waals surface area (Å²) in [5.41, 5.74) is 6.16. The summed E-state index contributed by atoms with van der Waals surface area (Å²) in [7, 11) is -1.08. The van der Waals surface area contributed by atoms with Crippen LogP contribution in [0.3, 0.4) is 0 Å². The minimum atomic E-state index is -3.72. The second-order valence-corrected chi connectivity index (χ2v) is 7.78. The average Bonchev–Trinajstić information content (AvgIpc) is 2.60. The van der Waals surface area contributed by atoms with E-state index >= 15 is 0 Å². The quantitative estimate of drug-likeness (QED) is 0.767. The van der Waals surface area contributed by atoms with E-state index in [0.717, 1.165) is 19.3 Å². The third-order valence-corrected chi connectivity index (χ3v) is 6.21. The molecular weight excluding hydrogens is 368 g/mol. The summed E-state index contributed by atoms with van der Waals surface area (Å²) < 4.78 is 37.3. The van der Waals surface area contributed by atoms with Crippen LogP contribution in [0.1, 0.15) is 36.5 Å². The van der Waals surface area contributed by atoms with E-state index in [1.165, 1.54) is 36.7 Å². The number of rotatable bonds is 5. The van der Waals surface area contributed by atoms with Crippen molar-refractivity contribution in [2.24, 2.45) is 5.73 Å². The highest BCUT2D eigenvalue weighted by Gasteiger charge is 2.35. The lowest BCUT2D eigenvalue weighted by atomic mass is 10.00. The fourth-order valence-electron chi connectivity index (χ4n) is 3.00. The van der Waals surface area contributed by atoms with E-state index in [2.05, 4.69) is 4.74 Å². The van der Waals surface area contributed by atoms with E-state index in [4.69, 9.17) is 10.5 Å². The Balaban J connectivity index is 0.00000312. The van der Waals surface area contributed by atoms with Crippen molar-refractivity contribution in [1.82, 2.24) is 4.31 Å². The lowest BCUT2D eigenvalue weighted by Gasteiger charge is -2.36. The topological polar surface area (TPSA) is 98.9 Å². The van der Waals surface area contributed by atoms with Gasteiger partial charge in [-0.3, -0.25) is 0 Å². The zero-order chi connectivity index (χ0) is 17.9.